The Hall–Kier alpha value is -1.72. The van der Waals surface area contributed by atoms with Crippen LogP contribution >= 0.6 is 0 Å². The molecule has 2 rings (SSSR count). The predicted molar refractivity (Wildman–Crippen MR) is 57.7 cm³/mol. The molecule has 0 amide bonds. The van der Waals surface area contributed by atoms with Crippen LogP contribution in [0.5, 0.6) is 0 Å². The summed E-state index contributed by atoms with van der Waals surface area (Å²) in [6.07, 6.45) is 1.73. The summed E-state index contributed by atoms with van der Waals surface area (Å²) in [6, 6.07) is 0. The first-order chi connectivity index (χ1) is 7.89. The second-order valence-electron chi connectivity index (χ2n) is 4.27. The molecule has 0 saturated carbocycles. The lowest BCUT2D eigenvalue weighted by molar-refractivity contribution is -0.142. The average Bonchev–Trinajstić information content (AvgIpc) is 2.28. The third-order valence-corrected chi connectivity index (χ3v) is 2.97. The van der Waals surface area contributed by atoms with E-state index in [-0.39, 0.29) is 11.1 Å². The number of ketones is 1. The van der Waals surface area contributed by atoms with Crippen molar-refractivity contribution in [3.8, 4) is 0 Å². The van der Waals surface area contributed by atoms with Gasteiger partial charge in [-0.25, -0.2) is 0 Å². The Morgan fingerprint density at radius 2 is 2.18 bits per heavy atom. The molecule has 1 aliphatic carbocycles. The zero-order chi connectivity index (χ0) is 12.8. The molecule has 0 aromatic rings. The predicted octanol–water partition coefficient (Wildman–Crippen LogP) is -0.00560. The summed E-state index contributed by atoms with van der Waals surface area (Å²) in [5, 5.41) is 19.8. The lowest BCUT2D eigenvalue weighted by Gasteiger charge is -2.35. The van der Waals surface area contributed by atoms with Gasteiger partial charge in [0.05, 0.1) is 11.8 Å². The molecule has 2 atom stereocenters. The molecule has 90 valence electrons. The molecule has 2 aliphatic rings. The number of carbonyl (C=O) groups is 2. The summed E-state index contributed by atoms with van der Waals surface area (Å²) in [4.78, 5) is 22.8. The SMILES string of the molecule is CC1=CC2=C(C=O)C(=O)[C@](C)(O)[C@H](O)C2=CO1. The second-order valence-corrected chi connectivity index (χ2v) is 4.27. The molecule has 0 saturated heterocycles. The number of aldehydes is 1. The molecule has 0 radical (unpaired) electrons. The highest BCUT2D eigenvalue weighted by molar-refractivity contribution is 6.18. The van der Waals surface area contributed by atoms with Crippen LogP contribution in [0.4, 0.5) is 0 Å². The minimum absolute atomic E-state index is 0.144. The Bertz CT molecular complexity index is 493. The van der Waals surface area contributed by atoms with Gasteiger partial charge in [-0.15, -0.1) is 0 Å². The van der Waals surface area contributed by atoms with E-state index in [0.717, 1.165) is 0 Å². The maximum absolute atomic E-state index is 11.9. The lowest BCUT2D eigenvalue weighted by atomic mass is 9.75. The van der Waals surface area contributed by atoms with Crippen molar-refractivity contribution in [2.45, 2.75) is 25.6 Å². The van der Waals surface area contributed by atoms with E-state index >= 15 is 0 Å². The van der Waals surface area contributed by atoms with Crippen LogP contribution < -0.4 is 0 Å². The first-order valence-electron chi connectivity index (χ1n) is 5.09. The number of fused-ring (bicyclic) bond motifs is 1. The lowest BCUT2D eigenvalue weighted by Crippen LogP contribution is -2.52. The second kappa shape index (κ2) is 3.65. The summed E-state index contributed by atoms with van der Waals surface area (Å²) in [5.41, 5.74) is -1.60. The van der Waals surface area contributed by atoms with Crippen molar-refractivity contribution in [3.05, 3.63) is 34.8 Å². The van der Waals surface area contributed by atoms with E-state index in [1.807, 2.05) is 0 Å². The minimum atomic E-state index is -2.01. The number of Topliss-reactive ketones (excluding diaryl/α,β-unsaturated/α-hetero) is 1. The van der Waals surface area contributed by atoms with Crippen LogP contribution in [-0.2, 0) is 14.3 Å². The highest BCUT2D eigenvalue weighted by Gasteiger charge is 2.48. The Balaban J connectivity index is 2.69. The van der Waals surface area contributed by atoms with Crippen molar-refractivity contribution in [2.24, 2.45) is 0 Å². The van der Waals surface area contributed by atoms with E-state index in [0.29, 0.717) is 17.6 Å². The molecule has 17 heavy (non-hydrogen) atoms. The Labute approximate surface area is 97.7 Å². The first-order valence-corrected chi connectivity index (χ1v) is 5.09. The molecule has 0 unspecified atom stereocenters. The fourth-order valence-corrected chi connectivity index (χ4v) is 1.92. The number of aliphatic hydroxyl groups excluding tert-OH is 1. The molecular weight excluding hydrogens is 224 g/mol. The van der Waals surface area contributed by atoms with Crippen molar-refractivity contribution in [1.82, 2.24) is 0 Å². The Kier molecular flexibility index (Phi) is 2.52. The quantitative estimate of drug-likeness (QED) is 0.494. The van der Waals surface area contributed by atoms with Gasteiger partial charge in [-0.05, 0) is 19.9 Å². The first kappa shape index (κ1) is 11.8. The monoisotopic (exact) mass is 236 g/mol. The van der Waals surface area contributed by atoms with Crippen LogP contribution in [0.1, 0.15) is 13.8 Å². The normalized spacial score (nSPS) is 32.5. The number of rotatable bonds is 1. The summed E-state index contributed by atoms with van der Waals surface area (Å²) in [6.45, 7) is 2.83. The van der Waals surface area contributed by atoms with E-state index in [1.165, 1.54) is 19.3 Å². The smallest absolute Gasteiger partial charge is 0.200 e. The van der Waals surface area contributed by atoms with Gasteiger partial charge in [0.25, 0.3) is 0 Å². The molecule has 0 bridgehead atoms. The van der Waals surface area contributed by atoms with E-state index in [1.54, 1.807) is 6.92 Å². The molecular formula is C12H12O5. The van der Waals surface area contributed by atoms with Gasteiger partial charge in [0.2, 0.25) is 5.78 Å². The average molecular weight is 236 g/mol. The summed E-state index contributed by atoms with van der Waals surface area (Å²) in [7, 11) is 0. The van der Waals surface area contributed by atoms with Gasteiger partial charge in [0.1, 0.15) is 11.9 Å². The molecule has 5 heteroatoms. The fourth-order valence-electron chi connectivity index (χ4n) is 1.92. The van der Waals surface area contributed by atoms with Crippen LogP contribution in [0.3, 0.4) is 0 Å². The maximum atomic E-state index is 11.9. The molecule has 5 nitrogen and oxygen atoms in total. The van der Waals surface area contributed by atoms with Gasteiger partial charge in [0, 0.05) is 11.1 Å². The molecule has 0 spiro atoms. The summed E-state index contributed by atoms with van der Waals surface area (Å²) >= 11 is 0. The number of aliphatic hydroxyl groups is 2. The van der Waals surface area contributed by atoms with Crippen molar-refractivity contribution in [1.29, 1.82) is 0 Å². The van der Waals surface area contributed by atoms with E-state index in [4.69, 9.17) is 4.74 Å². The topological polar surface area (TPSA) is 83.8 Å². The molecule has 0 fully saturated rings. The largest absolute Gasteiger partial charge is 0.469 e. The molecule has 0 aromatic heterocycles. The number of hydrogen-bond donors (Lipinski definition) is 2. The van der Waals surface area contributed by atoms with E-state index in [9.17, 15) is 19.8 Å². The number of allylic oxidation sites excluding steroid dienone is 2. The van der Waals surface area contributed by atoms with Crippen LogP contribution in [0.25, 0.3) is 0 Å². The van der Waals surface area contributed by atoms with Gasteiger partial charge in [-0.2, -0.15) is 0 Å². The van der Waals surface area contributed by atoms with Crippen LogP contribution in [0.2, 0.25) is 0 Å². The minimum Gasteiger partial charge on any atom is -0.469 e. The highest BCUT2D eigenvalue weighted by atomic mass is 16.5. The zero-order valence-electron chi connectivity index (χ0n) is 9.43. The van der Waals surface area contributed by atoms with Gasteiger partial charge >= 0.3 is 0 Å². The number of carbonyl (C=O) groups excluding carboxylic acids is 2. The van der Waals surface area contributed by atoms with Gasteiger partial charge in [-0.3, -0.25) is 9.59 Å². The van der Waals surface area contributed by atoms with Crippen molar-refractivity contribution in [3.63, 3.8) is 0 Å². The fraction of sp³-hybridized carbons (Fsp3) is 0.333. The molecule has 1 heterocycles. The molecule has 2 N–H and O–H groups in total. The summed E-state index contributed by atoms with van der Waals surface area (Å²) in [5.74, 6) is -0.275. The standard InChI is InChI=1S/C12H12O5/c1-6-3-7-8(4-13)10(14)12(2,16)11(15)9(7)5-17-6/h3-5,11,15-16H,1-2H3/t11-,12+/m1/s1. The number of hydrogen-bond acceptors (Lipinski definition) is 5. The van der Waals surface area contributed by atoms with E-state index in [2.05, 4.69) is 0 Å². The Morgan fingerprint density at radius 1 is 1.53 bits per heavy atom. The van der Waals surface area contributed by atoms with Crippen molar-refractivity contribution < 1.29 is 24.5 Å². The van der Waals surface area contributed by atoms with Crippen LogP contribution in [-0.4, -0.2) is 34.0 Å². The van der Waals surface area contributed by atoms with E-state index < -0.39 is 17.5 Å². The van der Waals surface area contributed by atoms with Crippen LogP contribution in [0, 0.1) is 0 Å². The summed E-state index contributed by atoms with van der Waals surface area (Å²) < 4.78 is 5.11. The van der Waals surface area contributed by atoms with Gasteiger partial charge < -0.3 is 14.9 Å². The molecule has 1 aliphatic heterocycles. The van der Waals surface area contributed by atoms with Gasteiger partial charge in [0.15, 0.2) is 11.9 Å². The van der Waals surface area contributed by atoms with Crippen molar-refractivity contribution >= 4 is 12.1 Å². The zero-order valence-corrected chi connectivity index (χ0v) is 9.43. The van der Waals surface area contributed by atoms with Crippen LogP contribution in [0.15, 0.2) is 34.8 Å². The van der Waals surface area contributed by atoms with Crippen molar-refractivity contribution in [2.75, 3.05) is 0 Å². The molecule has 0 aromatic carbocycles. The number of ether oxygens (including phenoxy) is 1. The Morgan fingerprint density at radius 3 is 2.76 bits per heavy atom. The van der Waals surface area contributed by atoms with Gasteiger partial charge in [-0.1, -0.05) is 0 Å². The highest BCUT2D eigenvalue weighted by Crippen LogP contribution is 2.36. The third-order valence-electron chi connectivity index (χ3n) is 2.97. The third kappa shape index (κ3) is 1.55. The maximum Gasteiger partial charge on any atom is 0.200 e.